The highest BCUT2D eigenvalue weighted by Gasteiger charge is 1.88. The molecule has 3 heteroatoms. The van der Waals surface area contributed by atoms with Gasteiger partial charge in [0.15, 0.2) is 0 Å². The van der Waals surface area contributed by atoms with E-state index in [0.29, 0.717) is 0 Å². The molecule has 0 fully saturated rings. The summed E-state index contributed by atoms with van der Waals surface area (Å²) in [6.45, 7) is 0. The molecule has 0 aliphatic carbocycles. The Bertz CT molecular complexity index is 105. The van der Waals surface area contributed by atoms with Crippen LogP contribution in [-0.4, -0.2) is 5.37 Å². The van der Waals surface area contributed by atoms with Crippen LogP contribution >= 0.6 is 30.2 Å². The Labute approximate surface area is 47.4 Å². The number of hydrogen-bond acceptors (Lipinski definition) is 1. The molecule has 0 spiro atoms. The van der Waals surface area contributed by atoms with E-state index in [-0.39, 0.29) is 8.73 Å². The fraction of sp³-hybridized carbons (Fsp3) is 0. The summed E-state index contributed by atoms with van der Waals surface area (Å²) in [5.74, 6) is 0. The molecule has 1 heterocycles. The van der Waals surface area contributed by atoms with Crippen molar-refractivity contribution in [2.75, 3.05) is 0 Å². The summed E-state index contributed by atoms with van der Waals surface area (Å²) >= 11 is 0. The van der Waals surface area contributed by atoms with Crippen molar-refractivity contribution in [3.05, 3.63) is 11.5 Å². The van der Waals surface area contributed by atoms with E-state index in [0.717, 1.165) is 0 Å². The van der Waals surface area contributed by atoms with Gasteiger partial charge >= 0.3 is 0 Å². The topological polar surface area (TPSA) is 0 Å². The quantitative estimate of drug-likeness (QED) is 0.366. The summed E-state index contributed by atoms with van der Waals surface area (Å²) in [5, 5.41) is 3.97. The van der Waals surface area contributed by atoms with Crippen molar-refractivity contribution in [3.8, 4) is 0 Å². The van der Waals surface area contributed by atoms with Crippen molar-refractivity contribution >= 4 is 35.6 Å². The third-order valence-electron chi connectivity index (χ3n) is 0.412. The van der Waals surface area contributed by atoms with Crippen molar-refractivity contribution in [1.29, 1.82) is 0 Å². The van der Waals surface area contributed by atoms with Crippen molar-refractivity contribution in [1.82, 2.24) is 0 Å². The van der Waals surface area contributed by atoms with Gasteiger partial charge in [-0.05, 0) is 36.3 Å². The fourth-order valence-corrected chi connectivity index (χ4v) is 2.28. The summed E-state index contributed by atoms with van der Waals surface area (Å²) in [7, 11) is 7.22. The highest BCUT2D eigenvalue weighted by atomic mass is 35.7. The number of rotatable bonds is 0. The van der Waals surface area contributed by atoms with Gasteiger partial charge in [-0.3, -0.25) is 0 Å². The van der Waals surface area contributed by atoms with E-state index in [1.807, 2.05) is 16.9 Å². The van der Waals surface area contributed by atoms with Crippen molar-refractivity contribution in [3.63, 3.8) is 0 Å². The minimum Gasteiger partial charge on any atom is -0.0566 e. The second kappa shape index (κ2) is 2.05. The SMILES string of the molecule is ClS1=CC=CS1. The lowest BCUT2D eigenvalue weighted by molar-refractivity contribution is 2.50. The second-order valence-corrected chi connectivity index (χ2v) is 5.24. The summed E-state index contributed by atoms with van der Waals surface area (Å²) in [4.78, 5) is 0. The van der Waals surface area contributed by atoms with Crippen molar-refractivity contribution in [2.45, 2.75) is 0 Å². The van der Waals surface area contributed by atoms with Gasteiger partial charge < -0.3 is 0 Å². The van der Waals surface area contributed by atoms with Crippen LogP contribution in [0.4, 0.5) is 0 Å². The van der Waals surface area contributed by atoms with Crippen LogP contribution in [0.25, 0.3) is 0 Å². The first-order valence-electron chi connectivity index (χ1n) is 1.46. The molecule has 0 bridgehead atoms. The molecule has 1 rings (SSSR count). The first-order chi connectivity index (χ1) is 2.89. The minimum absolute atomic E-state index is 0.0201. The molecule has 1 unspecified atom stereocenters. The van der Waals surface area contributed by atoms with Gasteiger partial charge in [0.25, 0.3) is 0 Å². The molecule has 0 saturated heterocycles. The summed E-state index contributed by atoms with van der Waals surface area (Å²) in [6.07, 6.45) is 1.97. The van der Waals surface area contributed by atoms with E-state index in [1.165, 1.54) is 0 Å². The molecule has 0 aromatic rings. The Morgan fingerprint density at radius 1 is 1.67 bits per heavy atom. The van der Waals surface area contributed by atoms with E-state index >= 15 is 0 Å². The standard InChI is InChI=1S/C3H3ClS2/c4-6-3-1-2-5-6/h1-3H. The van der Waals surface area contributed by atoms with E-state index < -0.39 is 0 Å². The Kier molecular flexibility index (Phi) is 1.62. The zero-order chi connectivity index (χ0) is 4.41. The highest BCUT2D eigenvalue weighted by Crippen LogP contribution is 2.38. The lowest BCUT2D eigenvalue weighted by Gasteiger charge is -1.77. The predicted octanol–water partition coefficient (Wildman–Crippen LogP) is 2.39. The number of allylic oxidation sites excluding steroid dienone is 1. The zero-order valence-electron chi connectivity index (χ0n) is 2.93. The number of halogens is 1. The molecule has 0 aromatic carbocycles. The van der Waals surface area contributed by atoms with Gasteiger partial charge in [0.1, 0.15) is 0 Å². The molecular weight excluding hydrogens is 136 g/mol. The van der Waals surface area contributed by atoms with E-state index in [9.17, 15) is 0 Å². The van der Waals surface area contributed by atoms with E-state index in [1.54, 1.807) is 10.8 Å². The average Bonchev–Trinajstić information content (AvgIpc) is 1.86. The highest BCUT2D eigenvalue weighted by molar-refractivity contribution is 8.93. The maximum Gasteiger partial charge on any atom is -0.0128 e. The Balaban J connectivity index is 2.61. The first-order valence-corrected chi connectivity index (χ1v) is 4.97. The van der Waals surface area contributed by atoms with Crippen LogP contribution in [0.2, 0.25) is 0 Å². The zero-order valence-corrected chi connectivity index (χ0v) is 5.32. The molecule has 1 atom stereocenters. The third kappa shape index (κ3) is 1.03. The molecule has 0 saturated carbocycles. The molecule has 0 radical (unpaired) electrons. The third-order valence-corrected chi connectivity index (χ3v) is 3.42. The van der Waals surface area contributed by atoms with Crippen LogP contribution in [0, 0.1) is 0 Å². The summed E-state index contributed by atoms with van der Waals surface area (Å²) in [5.41, 5.74) is 0. The molecule has 0 nitrogen and oxygen atoms in total. The molecule has 0 aromatic heterocycles. The summed E-state index contributed by atoms with van der Waals surface area (Å²) in [6, 6.07) is 0. The molecule has 0 amide bonds. The van der Waals surface area contributed by atoms with E-state index in [4.69, 9.17) is 10.7 Å². The largest absolute Gasteiger partial charge is 0.0566 e. The lowest BCUT2D eigenvalue weighted by atomic mass is 10.8. The summed E-state index contributed by atoms with van der Waals surface area (Å²) < 4.78 is 0. The van der Waals surface area contributed by atoms with Crippen LogP contribution in [0.1, 0.15) is 0 Å². The Morgan fingerprint density at radius 2 is 2.50 bits per heavy atom. The average molecular weight is 139 g/mol. The molecule has 0 N–H and O–H groups in total. The van der Waals surface area contributed by atoms with Crippen molar-refractivity contribution in [2.24, 2.45) is 0 Å². The second-order valence-electron chi connectivity index (χ2n) is 0.809. The predicted molar refractivity (Wildman–Crippen MR) is 36.2 cm³/mol. The van der Waals surface area contributed by atoms with E-state index in [2.05, 4.69) is 0 Å². The van der Waals surface area contributed by atoms with Gasteiger partial charge in [-0.15, -0.1) is 0 Å². The normalized spacial score (nSPS) is 30.5. The van der Waals surface area contributed by atoms with Crippen LogP contribution < -0.4 is 0 Å². The maximum atomic E-state index is 5.58. The van der Waals surface area contributed by atoms with Gasteiger partial charge in [0, 0.05) is 0 Å². The van der Waals surface area contributed by atoms with Gasteiger partial charge in [0.05, 0.1) is 0 Å². The Hall–Kier alpha value is 0.600. The van der Waals surface area contributed by atoms with Gasteiger partial charge in [-0.25, -0.2) is 0 Å². The molecule has 6 heavy (non-hydrogen) atoms. The smallest absolute Gasteiger partial charge is 0.0128 e. The molecular formula is C3H3ClS2. The van der Waals surface area contributed by atoms with Crippen LogP contribution in [0.3, 0.4) is 0 Å². The van der Waals surface area contributed by atoms with Gasteiger partial charge in [0.2, 0.25) is 0 Å². The monoisotopic (exact) mass is 138 g/mol. The molecule has 1 aliphatic rings. The first kappa shape index (κ1) is 4.75. The van der Waals surface area contributed by atoms with Crippen LogP contribution in [-0.2, 0) is 0 Å². The van der Waals surface area contributed by atoms with Crippen LogP contribution in [0.5, 0.6) is 0 Å². The number of hydrogen-bond donors (Lipinski definition) is 0. The lowest BCUT2D eigenvalue weighted by Crippen LogP contribution is -1.41. The van der Waals surface area contributed by atoms with Gasteiger partial charge in [-0.2, -0.15) is 0 Å². The molecule has 1 aliphatic heterocycles. The maximum absolute atomic E-state index is 5.58. The Morgan fingerprint density at radius 3 is 2.67 bits per heavy atom. The minimum atomic E-state index is -0.0201. The molecule has 34 valence electrons. The van der Waals surface area contributed by atoms with Crippen LogP contribution in [0.15, 0.2) is 11.5 Å². The van der Waals surface area contributed by atoms with Crippen molar-refractivity contribution < 1.29 is 0 Å². The van der Waals surface area contributed by atoms with Gasteiger partial charge in [-0.1, -0.05) is 10.8 Å². The fourth-order valence-electron chi connectivity index (χ4n) is 0.211.